The number of para-hydroxylation sites is 1. The number of aromatic nitrogens is 1. The molecule has 0 fully saturated rings. The Morgan fingerprint density at radius 1 is 0.816 bits per heavy atom. The van der Waals surface area contributed by atoms with Crippen LogP contribution in [0.25, 0.3) is 28.5 Å². The fourth-order valence-electron chi connectivity index (χ4n) is 9.15. The van der Waals surface area contributed by atoms with Gasteiger partial charge in [0.25, 0.3) is 0 Å². The number of benzene rings is 3. The summed E-state index contributed by atoms with van der Waals surface area (Å²) in [6.45, 7) is 2.35. The summed E-state index contributed by atoms with van der Waals surface area (Å²) in [5.41, 5.74) is 15.3. The molecule has 0 bridgehead atoms. The van der Waals surface area contributed by atoms with Crippen molar-refractivity contribution in [2.45, 2.75) is 63.3 Å². The van der Waals surface area contributed by atoms with Crippen LogP contribution in [0.4, 0.5) is 5.69 Å². The lowest BCUT2D eigenvalue weighted by Crippen LogP contribution is -2.35. The molecule has 0 spiro atoms. The zero-order chi connectivity index (χ0) is 33.1. The zero-order valence-corrected chi connectivity index (χ0v) is 27.8. The second-order valence-electron chi connectivity index (χ2n) is 14.1. The highest BCUT2D eigenvalue weighted by Crippen LogP contribution is 2.49. The first-order valence-corrected chi connectivity index (χ1v) is 17.8. The van der Waals surface area contributed by atoms with E-state index >= 15 is 0 Å². The third-order valence-corrected chi connectivity index (χ3v) is 11.4. The van der Waals surface area contributed by atoms with E-state index in [9.17, 15) is 10.5 Å². The van der Waals surface area contributed by atoms with E-state index in [0.717, 1.165) is 54.6 Å². The maximum Gasteiger partial charge on any atom is 0.0998 e. The molecule has 0 saturated heterocycles. The van der Waals surface area contributed by atoms with E-state index in [-0.39, 0.29) is 5.92 Å². The molecule has 4 aromatic rings. The number of anilines is 1. The number of nitriles is 2. The smallest absolute Gasteiger partial charge is 0.0998 e. The van der Waals surface area contributed by atoms with Crippen LogP contribution in [0, 0.1) is 28.6 Å². The van der Waals surface area contributed by atoms with Gasteiger partial charge >= 0.3 is 0 Å². The Morgan fingerprint density at radius 2 is 1.61 bits per heavy atom. The first kappa shape index (κ1) is 29.6. The molecular weight excluding hydrogens is 597 g/mol. The second-order valence-corrected chi connectivity index (χ2v) is 14.1. The molecule has 0 amide bonds. The number of nitrogens with zero attached hydrogens (tertiary/aromatic N) is 4. The van der Waals surface area contributed by atoms with Crippen LogP contribution in [0.2, 0.25) is 0 Å². The van der Waals surface area contributed by atoms with E-state index in [1.807, 2.05) is 12.1 Å². The average Bonchev–Trinajstić information content (AvgIpc) is 3.68. The molecular formula is C45H38N4. The summed E-state index contributed by atoms with van der Waals surface area (Å²) in [6, 6.07) is 29.1. The van der Waals surface area contributed by atoms with E-state index in [4.69, 9.17) is 0 Å². The normalized spacial score (nSPS) is 23.0. The molecule has 0 N–H and O–H groups in total. The minimum Gasteiger partial charge on any atom is -0.337 e. The van der Waals surface area contributed by atoms with Gasteiger partial charge < -0.3 is 9.47 Å². The number of hydrogen-bond acceptors (Lipinski definition) is 3. The summed E-state index contributed by atoms with van der Waals surface area (Å²) in [5, 5.41) is 20.6. The molecule has 2 heterocycles. The van der Waals surface area contributed by atoms with Gasteiger partial charge in [-0.25, -0.2) is 0 Å². The van der Waals surface area contributed by atoms with Crippen molar-refractivity contribution in [2.24, 2.45) is 5.92 Å². The molecule has 1 aliphatic heterocycles. The van der Waals surface area contributed by atoms with Crippen LogP contribution in [-0.4, -0.2) is 10.6 Å². The molecule has 9 rings (SSSR count). The lowest BCUT2D eigenvalue weighted by Gasteiger charge is -2.35. The van der Waals surface area contributed by atoms with E-state index in [2.05, 4.69) is 132 Å². The maximum absolute atomic E-state index is 10.4. The summed E-state index contributed by atoms with van der Waals surface area (Å²) >= 11 is 0. The highest BCUT2D eigenvalue weighted by atomic mass is 15.2. The Morgan fingerprint density at radius 3 is 2.45 bits per heavy atom. The van der Waals surface area contributed by atoms with Crippen LogP contribution in [0.15, 0.2) is 115 Å². The van der Waals surface area contributed by atoms with Crippen LogP contribution < -0.4 is 4.90 Å². The van der Waals surface area contributed by atoms with Crippen molar-refractivity contribution in [1.29, 1.82) is 10.5 Å². The Kier molecular flexibility index (Phi) is 7.14. The van der Waals surface area contributed by atoms with E-state index < -0.39 is 0 Å². The van der Waals surface area contributed by atoms with E-state index in [0.29, 0.717) is 23.4 Å². The minimum absolute atomic E-state index is 0.199. The molecule has 4 aliphatic carbocycles. The van der Waals surface area contributed by atoms with Crippen molar-refractivity contribution in [2.75, 3.05) is 4.90 Å². The van der Waals surface area contributed by atoms with Crippen LogP contribution in [0.1, 0.15) is 83.6 Å². The fourth-order valence-corrected chi connectivity index (χ4v) is 9.15. The molecule has 238 valence electrons. The number of fused-ring (bicyclic) bond motifs is 6. The highest BCUT2D eigenvalue weighted by molar-refractivity contribution is 5.82. The van der Waals surface area contributed by atoms with Gasteiger partial charge in [-0.1, -0.05) is 98.0 Å². The molecule has 4 nitrogen and oxygen atoms in total. The third-order valence-electron chi connectivity index (χ3n) is 11.4. The van der Waals surface area contributed by atoms with Gasteiger partial charge in [-0.2, -0.15) is 10.5 Å². The van der Waals surface area contributed by atoms with Gasteiger partial charge in [-0.15, -0.1) is 0 Å². The maximum atomic E-state index is 10.4. The Balaban J connectivity index is 1.09. The van der Waals surface area contributed by atoms with Crippen LogP contribution in [0.3, 0.4) is 0 Å². The summed E-state index contributed by atoms with van der Waals surface area (Å²) < 4.78 is 2.36. The molecule has 3 aromatic carbocycles. The van der Waals surface area contributed by atoms with Gasteiger partial charge in [0.15, 0.2) is 0 Å². The van der Waals surface area contributed by atoms with Gasteiger partial charge in [0, 0.05) is 45.7 Å². The SMILES string of the molecule is CC1CC(c2ccc(-c3c(C#N)cccc3-n3c4c(c5c3C(C#N)CC=C5)CCCC4)cc2)=CC=C1N1c2ccccc2[C@H]2C=CC=CC21. The van der Waals surface area contributed by atoms with Crippen LogP contribution >= 0.6 is 0 Å². The van der Waals surface area contributed by atoms with Crippen molar-refractivity contribution in [3.8, 4) is 29.0 Å². The molecule has 4 atom stereocenters. The molecule has 3 unspecified atom stereocenters. The number of allylic oxidation sites excluding steroid dienone is 7. The van der Waals surface area contributed by atoms with Gasteiger partial charge in [0.1, 0.15) is 0 Å². The van der Waals surface area contributed by atoms with Gasteiger partial charge in [-0.3, -0.25) is 0 Å². The highest BCUT2D eigenvalue weighted by Gasteiger charge is 2.39. The first-order valence-electron chi connectivity index (χ1n) is 17.8. The Hall–Kier alpha value is -5.58. The largest absolute Gasteiger partial charge is 0.337 e. The Labute approximate surface area is 288 Å². The molecule has 0 saturated carbocycles. The quantitative estimate of drug-likeness (QED) is 0.224. The standard InChI is InChI=1S/C45H38N4/c1-29-26-32(24-25-39(29)48-40-16-5-2-12-35(40)36-13-3-6-17-41(36)48)30-20-22-31(23-21-30)44-33(27-46)10-9-19-43(44)49-42-18-7-4-14-37(42)38-15-8-11-34(28-47)45(38)49/h2-3,5-6,8-10,12-13,15-17,19-25,29,34-35,40H,4,7,11,14,18,26H2,1H3/t29?,34?,35-,40?/m1/s1. The van der Waals surface area contributed by atoms with Crippen molar-refractivity contribution in [1.82, 2.24) is 4.57 Å². The van der Waals surface area contributed by atoms with Crippen LogP contribution in [-0.2, 0) is 12.8 Å². The summed E-state index contributed by atoms with van der Waals surface area (Å²) in [4.78, 5) is 2.56. The van der Waals surface area contributed by atoms with Crippen molar-refractivity contribution >= 4 is 17.3 Å². The summed E-state index contributed by atoms with van der Waals surface area (Å²) in [6.07, 6.45) is 24.1. The van der Waals surface area contributed by atoms with Crippen molar-refractivity contribution in [3.63, 3.8) is 0 Å². The van der Waals surface area contributed by atoms with Crippen molar-refractivity contribution < 1.29 is 0 Å². The second kappa shape index (κ2) is 11.8. The number of rotatable bonds is 4. The van der Waals surface area contributed by atoms with Gasteiger partial charge in [-0.05, 0) is 90.6 Å². The first-order chi connectivity index (χ1) is 24.2. The monoisotopic (exact) mass is 634 g/mol. The fraction of sp³-hybridized carbons (Fsp3) is 0.244. The van der Waals surface area contributed by atoms with E-state index in [1.54, 1.807) is 0 Å². The summed E-state index contributed by atoms with van der Waals surface area (Å²) in [7, 11) is 0. The Bertz CT molecular complexity index is 2240. The zero-order valence-electron chi connectivity index (χ0n) is 27.8. The molecule has 4 heteroatoms. The number of hydrogen-bond donors (Lipinski definition) is 0. The minimum atomic E-state index is -0.199. The molecule has 0 radical (unpaired) electrons. The summed E-state index contributed by atoms with van der Waals surface area (Å²) in [5.74, 6) is 0.554. The molecule has 1 aromatic heterocycles. The lowest BCUT2D eigenvalue weighted by atomic mass is 9.86. The third kappa shape index (κ3) is 4.62. The average molecular weight is 635 g/mol. The topological polar surface area (TPSA) is 55.8 Å². The van der Waals surface area contributed by atoms with Crippen molar-refractivity contribution in [3.05, 3.63) is 154 Å². The molecule has 49 heavy (non-hydrogen) atoms. The van der Waals surface area contributed by atoms with E-state index in [1.165, 1.54) is 51.3 Å². The predicted molar refractivity (Wildman–Crippen MR) is 198 cm³/mol. The van der Waals surface area contributed by atoms with Crippen LogP contribution in [0.5, 0.6) is 0 Å². The van der Waals surface area contributed by atoms with Gasteiger partial charge in [0.05, 0.1) is 35.3 Å². The molecule has 5 aliphatic rings. The predicted octanol–water partition coefficient (Wildman–Crippen LogP) is 10.3. The lowest BCUT2D eigenvalue weighted by molar-refractivity contribution is 0.619. The van der Waals surface area contributed by atoms with Gasteiger partial charge in [0.2, 0.25) is 0 Å².